The van der Waals surface area contributed by atoms with Crippen LogP contribution in [0.15, 0.2) is 36.4 Å². The van der Waals surface area contributed by atoms with Crippen LogP contribution in [0.5, 0.6) is 17.2 Å². The number of phenolic OH excluding ortho intramolecular Hbond substituents is 1. The first kappa shape index (κ1) is 24.1. The van der Waals surface area contributed by atoms with E-state index in [0.29, 0.717) is 11.5 Å². The van der Waals surface area contributed by atoms with Gasteiger partial charge in [0.2, 0.25) is 5.75 Å². The number of halogens is 1. The van der Waals surface area contributed by atoms with Crippen LogP contribution >= 0.6 is 11.6 Å². The molecule has 168 valence electrons. The molecule has 2 aromatic rings. The van der Waals surface area contributed by atoms with Crippen molar-refractivity contribution in [1.82, 2.24) is 4.90 Å². The van der Waals surface area contributed by atoms with Gasteiger partial charge in [-0.15, -0.1) is 0 Å². The summed E-state index contributed by atoms with van der Waals surface area (Å²) in [4.78, 5) is 22.9. The molecule has 0 radical (unpaired) electrons. The third kappa shape index (κ3) is 6.94. The molecule has 3 N–H and O–H groups in total. The Kier molecular flexibility index (Phi) is 8.77. The number of phenols is 1. The summed E-state index contributed by atoms with van der Waals surface area (Å²) in [6, 6.07) is 11.7. The Morgan fingerprint density at radius 1 is 0.968 bits per heavy atom. The number of aliphatic carboxylic acids is 2. The first-order valence-corrected chi connectivity index (χ1v) is 9.76. The molecule has 3 rings (SSSR count). The fourth-order valence-corrected chi connectivity index (χ4v) is 3.32. The van der Waals surface area contributed by atoms with Crippen molar-refractivity contribution in [3.8, 4) is 17.2 Å². The lowest BCUT2D eigenvalue weighted by Crippen LogP contribution is -2.45. The molecular formula is C21H25ClN2O7. The van der Waals surface area contributed by atoms with Gasteiger partial charge in [-0.2, -0.15) is 0 Å². The van der Waals surface area contributed by atoms with Crippen molar-refractivity contribution in [2.24, 2.45) is 0 Å². The number of benzene rings is 2. The van der Waals surface area contributed by atoms with Crippen molar-refractivity contribution in [2.75, 3.05) is 45.3 Å². The van der Waals surface area contributed by atoms with Gasteiger partial charge in [-0.1, -0.05) is 17.7 Å². The number of carbonyl (C=O) groups is 2. The second-order valence-electron chi connectivity index (χ2n) is 6.70. The van der Waals surface area contributed by atoms with Gasteiger partial charge in [-0.25, -0.2) is 9.59 Å². The van der Waals surface area contributed by atoms with E-state index in [1.54, 1.807) is 14.2 Å². The molecule has 0 saturated carbocycles. The zero-order chi connectivity index (χ0) is 23.0. The standard InChI is InChI=1S/C19H23ClN2O3.C2H2O4/c1-24-17-10-14(11-18(25-2)19(17)23)13-21-6-8-22(9-7-21)16-5-3-4-15(20)12-16;3-1(4)2(5)6/h3-5,10-12,23H,6-9,13H2,1-2H3;(H,3,4)(H,5,6). The molecular weight excluding hydrogens is 428 g/mol. The predicted octanol–water partition coefficient (Wildman–Crippen LogP) is 2.54. The molecule has 1 heterocycles. The van der Waals surface area contributed by atoms with Crippen molar-refractivity contribution < 1.29 is 34.4 Å². The van der Waals surface area contributed by atoms with Crippen LogP contribution in [-0.2, 0) is 16.1 Å². The molecule has 1 aliphatic rings. The van der Waals surface area contributed by atoms with Gasteiger partial charge in [0, 0.05) is 43.4 Å². The Bertz CT molecular complexity index is 877. The normalized spacial score (nSPS) is 13.7. The number of carboxylic acids is 2. The van der Waals surface area contributed by atoms with Gasteiger partial charge in [0.15, 0.2) is 11.5 Å². The van der Waals surface area contributed by atoms with Gasteiger partial charge in [-0.3, -0.25) is 4.90 Å². The third-order valence-electron chi connectivity index (χ3n) is 4.67. The number of hydrogen-bond acceptors (Lipinski definition) is 7. The van der Waals surface area contributed by atoms with Crippen molar-refractivity contribution >= 4 is 29.2 Å². The molecule has 0 bridgehead atoms. The molecule has 1 saturated heterocycles. The van der Waals surface area contributed by atoms with Crippen LogP contribution in [0.2, 0.25) is 5.02 Å². The number of methoxy groups -OCH3 is 2. The number of nitrogens with zero attached hydrogens (tertiary/aromatic N) is 2. The Balaban J connectivity index is 0.000000501. The van der Waals surface area contributed by atoms with E-state index in [-0.39, 0.29) is 5.75 Å². The molecule has 0 unspecified atom stereocenters. The van der Waals surface area contributed by atoms with E-state index in [1.807, 2.05) is 30.3 Å². The second-order valence-corrected chi connectivity index (χ2v) is 7.14. The van der Waals surface area contributed by atoms with E-state index in [0.717, 1.165) is 43.3 Å². The molecule has 0 aromatic heterocycles. The van der Waals surface area contributed by atoms with Crippen LogP contribution in [0.4, 0.5) is 5.69 Å². The van der Waals surface area contributed by atoms with Gasteiger partial charge in [0.25, 0.3) is 0 Å². The van der Waals surface area contributed by atoms with E-state index >= 15 is 0 Å². The Labute approximate surface area is 185 Å². The predicted molar refractivity (Wildman–Crippen MR) is 115 cm³/mol. The Morgan fingerprint density at radius 3 is 1.97 bits per heavy atom. The molecule has 0 amide bonds. The van der Waals surface area contributed by atoms with Crippen LogP contribution in [-0.4, -0.2) is 72.6 Å². The number of hydrogen-bond donors (Lipinski definition) is 3. The van der Waals surface area contributed by atoms with Crippen LogP contribution in [0, 0.1) is 0 Å². The van der Waals surface area contributed by atoms with Crippen LogP contribution in [0.25, 0.3) is 0 Å². The zero-order valence-corrected chi connectivity index (χ0v) is 18.0. The summed E-state index contributed by atoms with van der Waals surface area (Å²) < 4.78 is 10.5. The average molecular weight is 453 g/mol. The zero-order valence-electron chi connectivity index (χ0n) is 17.2. The lowest BCUT2D eigenvalue weighted by atomic mass is 10.1. The Morgan fingerprint density at radius 2 is 1.52 bits per heavy atom. The molecule has 2 aromatic carbocycles. The first-order chi connectivity index (χ1) is 14.7. The van der Waals surface area contributed by atoms with E-state index in [9.17, 15) is 5.11 Å². The van der Waals surface area contributed by atoms with Crippen molar-refractivity contribution in [3.05, 3.63) is 47.0 Å². The summed E-state index contributed by atoms with van der Waals surface area (Å²) in [6.07, 6.45) is 0. The molecule has 1 fully saturated rings. The summed E-state index contributed by atoms with van der Waals surface area (Å²) in [7, 11) is 3.09. The molecule has 31 heavy (non-hydrogen) atoms. The molecule has 1 aliphatic heterocycles. The van der Waals surface area contributed by atoms with Gasteiger partial charge < -0.3 is 29.7 Å². The van der Waals surface area contributed by atoms with Crippen molar-refractivity contribution in [2.45, 2.75) is 6.54 Å². The maximum Gasteiger partial charge on any atom is 0.414 e. The maximum absolute atomic E-state index is 10.0. The van der Waals surface area contributed by atoms with Gasteiger partial charge in [0.05, 0.1) is 14.2 Å². The van der Waals surface area contributed by atoms with Crippen molar-refractivity contribution in [1.29, 1.82) is 0 Å². The summed E-state index contributed by atoms with van der Waals surface area (Å²) in [5.41, 5.74) is 2.22. The minimum Gasteiger partial charge on any atom is -0.502 e. The number of rotatable bonds is 5. The summed E-state index contributed by atoms with van der Waals surface area (Å²) >= 11 is 6.09. The van der Waals surface area contributed by atoms with Crippen LogP contribution in [0.1, 0.15) is 5.56 Å². The van der Waals surface area contributed by atoms with Gasteiger partial charge in [-0.05, 0) is 35.9 Å². The third-order valence-corrected chi connectivity index (χ3v) is 4.91. The van der Waals surface area contributed by atoms with E-state index in [4.69, 9.17) is 40.9 Å². The molecule has 0 atom stereocenters. The number of ether oxygens (including phenoxy) is 2. The minimum atomic E-state index is -1.82. The molecule has 0 aliphatic carbocycles. The lowest BCUT2D eigenvalue weighted by molar-refractivity contribution is -0.159. The smallest absolute Gasteiger partial charge is 0.414 e. The monoisotopic (exact) mass is 452 g/mol. The molecule has 10 heteroatoms. The number of carboxylic acid groups (broad SMARTS) is 2. The van der Waals surface area contributed by atoms with E-state index in [2.05, 4.69) is 15.9 Å². The number of piperazine rings is 1. The van der Waals surface area contributed by atoms with Crippen LogP contribution in [0.3, 0.4) is 0 Å². The molecule has 0 spiro atoms. The highest BCUT2D eigenvalue weighted by atomic mass is 35.5. The fraction of sp³-hybridized carbons (Fsp3) is 0.333. The van der Waals surface area contributed by atoms with E-state index < -0.39 is 11.9 Å². The maximum atomic E-state index is 10.0. The first-order valence-electron chi connectivity index (χ1n) is 9.38. The quantitative estimate of drug-likeness (QED) is 0.587. The van der Waals surface area contributed by atoms with Crippen molar-refractivity contribution in [3.63, 3.8) is 0 Å². The number of aromatic hydroxyl groups is 1. The largest absolute Gasteiger partial charge is 0.502 e. The van der Waals surface area contributed by atoms with E-state index in [1.165, 1.54) is 5.69 Å². The summed E-state index contributed by atoms with van der Waals surface area (Å²) in [5, 5.41) is 25.6. The van der Waals surface area contributed by atoms with Gasteiger partial charge >= 0.3 is 11.9 Å². The number of anilines is 1. The lowest BCUT2D eigenvalue weighted by Gasteiger charge is -2.36. The highest BCUT2D eigenvalue weighted by Crippen LogP contribution is 2.37. The fourth-order valence-electron chi connectivity index (χ4n) is 3.13. The SMILES string of the molecule is COc1cc(CN2CCN(c3cccc(Cl)c3)CC2)cc(OC)c1O.O=C(O)C(=O)O. The average Bonchev–Trinajstić information content (AvgIpc) is 2.75. The Hall–Kier alpha value is -3.17. The summed E-state index contributed by atoms with van der Waals surface area (Å²) in [6.45, 7) is 4.60. The molecule has 9 nitrogen and oxygen atoms in total. The van der Waals surface area contributed by atoms with Gasteiger partial charge in [0.1, 0.15) is 0 Å². The summed E-state index contributed by atoms with van der Waals surface area (Å²) in [5.74, 6) is -2.73. The topological polar surface area (TPSA) is 120 Å². The minimum absolute atomic E-state index is 0.0412. The highest BCUT2D eigenvalue weighted by molar-refractivity contribution is 6.30. The van der Waals surface area contributed by atoms with Crippen LogP contribution < -0.4 is 14.4 Å². The highest BCUT2D eigenvalue weighted by Gasteiger charge is 2.19. The second kappa shape index (κ2) is 11.3.